The first-order valence-corrected chi connectivity index (χ1v) is 3.42. The molecule has 7 heteroatoms. The number of alkyl halides is 4. The molecule has 0 aliphatic rings. The van der Waals surface area contributed by atoms with Crippen molar-refractivity contribution in [1.29, 1.82) is 0 Å². The summed E-state index contributed by atoms with van der Waals surface area (Å²) in [5, 5.41) is 0. The van der Waals surface area contributed by atoms with E-state index in [4.69, 9.17) is 34.8 Å². The van der Waals surface area contributed by atoms with Crippen molar-refractivity contribution in [3.8, 4) is 0 Å². The molecule has 0 saturated carbocycles. The summed E-state index contributed by atoms with van der Waals surface area (Å²) >= 11 is 19.4. The highest BCUT2D eigenvalue weighted by Gasteiger charge is 2.35. The Morgan fingerprint density at radius 1 is 1.50 bits per heavy atom. The number of carbonyl (C=O) groups excluding carboxylic acids is 1. The second-order valence-electron chi connectivity index (χ2n) is 1.21. The largest absolute Gasteiger partial charge is 0.414 e. The van der Waals surface area contributed by atoms with Gasteiger partial charge < -0.3 is 4.74 Å². The molecule has 0 radical (unpaired) electrons. The van der Waals surface area contributed by atoms with E-state index >= 15 is 0 Å². The molecule has 0 saturated heterocycles. The molecule has 1 unspecified atom stereocenters. The molecule has 0 aliphatic heterocycles. The summed E-state index contributed by atoms with van der Waals surface area (Å²) in [5.41, 5.74) is -1.36. The first-order chi connectivity index (χ1) is 4.34. The van der Waals surface area contributed by atoms with Crippen LogP contribution in [0.25, 0.3) is 0 Å². The van der Waals surface area contributed by atoms with E-state index in [0.29, 0.717) is 0 Å². The second-order valence-corrected chi connectivity index (χ2v) is 3.89. The normalized spacial score (nSPS) is 14.5. The summed E-state index contributed by atoms with van der Waals surface area (Å²) in [6.45, 7) is 0. The first kappa shape index (κ1) is 10.6. The molecule has 10 heavy (non-hydrogen) atoms. The summed E-state index contributed by atoms with van der Waals surface area (Å²) < 4.78 is 13.6. The Kier molecular flexibility index (Phi) is 4.02. The van der Waals surface area contributed by atoms with Gasteiger partial charge in [0.1, 0.15) is 0 Å². The number of ether oxygens (including phenoxy) is 1. The zero-order valence-corrected chi connectivity index (χ0v) is 7.31. The van der Waals surface area contributed by atoms with E-state index in [1.54, 1.807) is 0 Å². The standard InChI is InChI=1S/C3HCl4FO2/c4-2(9)10-1(8)3(5,6)7/h1H. The maximum Gasteiger partial charge on any atom is 0.406 e. The van der Waals surface area contributed by atoms with Gasteiger partial charge in [0.15, 0.2) is 0 Å². The highest BCUT2D eigenvalue weighted by molar-refractivity contribution is 6.68. The number of carbonyl (C=O) groups is 1. The summed E-state index contributed by atoms with van der Waals surface area (Å²) in [5.74, 6) is 0. The Balaban J connectivity index is 3.85. The quantitative estimate of drug-likeness (QED) is 0.511. The second kappa shape index (κ2) is 3.81. The van der Waals surface area contributed by atoms with Crippen molar-refractivity contribution in [3.05, 3.63) is 0 Å². The Morgan fingerprint density at radius 2 is 1.90 bits per heavy atom. The minimum Gasteiger partial charge on any atom is -0.414 e. The zero-order valence-electron chi connectivity index (χ0n) is 4.28. The van der Waals surface area contributed by atoms with Crippen LogP contribution >= 0.6 is 46.4 Å². The van der Waals surface area contributed by atoms with Gasteiger partial charge in [-0.15, -0.1) is 0 Å². The van der Waals surface area contributed by atoms with Gasteiger partial charge in [-0.1, -0.05) is 34.8 Å². The van der Waals surface area contributed by atoms with Crippen LogP contribution in [0, 0.1) is 0 Å². The zero-order chi connectivity index (χ0) is 8.36. The average Bonchev–Trinajstić information content (AvgIpc) is 1.60. The molecule has 0 spiro atoms. The Bertz CT molecular complexity index is 133. The van der Waals surface area contributed by atoms with Crippen LogP contribution in [0.15, 0.2) is 0 Å². The summed E-state index contributed by atoms with van der Waals surface area (Å²) in [6.07, 6.45) is -2.34. The van der Waals surface area contributed by atoms with Gasteiger partial charge in [-0.25, -0.2) is 4.79 Å². The van der Waals surface area contributed by atoms with Crippen LogP contribution in [0.5, 0.6) is 0 Å². The number of hydrogen-bond donors (Lipinski definition) is 0. The fourth-order valence-corrected chi connectivity index (χ4v) is 0.360. The van der Waals surface area contributed by atoms with E-state index in [-0.39, 0.29) is 0 Å². The molecule has 0 aromatic carbocycles. The van der Waals surface area contributed by atoms with Crippen LogP contribution in [-0.4, -0.2) is 15.6 Å². The number of hydrogen-bond acceptors (Lipinski definition) is 2. The molecule has 0 aromatic heterocycles. The van der Waals surface area contributed by atoms with Crippen LogP contribution in [0.4, 0.5) is 9.18 Å². The smallest absolute Gasteiger partial charge is 0.406 e. The Labute approximate surface area is 76.1 Å². The lowest BCUT2D eigenvalue weighted by atomic mass is 10.8. The Hall–Kier alpha value is 0.560. The van der Waals surface area contributed by atoms with Gasteiger partial charge in [-0.2, -0.15) is 4.39 Å². The van der Waals surface area contributed by atoms with E-state index in [1.165, 1.54) is 0 Å². The SMILES string of the molecule is O=C(Cl)OC(F)C(Cl)(Cl)Cl. The molecule has 0 fully saturated rings. The van der Waals surface area contributed by atoms with Gasteiger partial charge in [-0.3, -0.25) is 0 Å². The average molecular weight is 230 g/mol. The number of rotatable bonds is 1. The predicted octanol–water partition coefficient (Wildman–Crippen LogP) is 3.03. The minimum absolute atomic E-state index is 1.36. The van der Waals surface area contributed by atoms with Gasteiger partial charge >= 0.3 is 5.43 Å². The molecule has 0 heterocycles. The Morgan fingerprint density at radius 3 is 2.00 bits per heavy atom. The van der Waals surface area contributed by atoms with Gasteiger partial charge in [0.25, 0.3) is 10.2 Å². The van der Waals surface area contributed by atoms with E-state index in [0.717, 1.165) is 0 Å². The molecule has 60 valence electrons. The van der Waals surface area contributed by atoms with E-state index in [2.05, 4.69) is 16.3 Å². The van der Waals surface area contributed by atoms with Gasteiger partial charge in [0, 0.05) is 11.6 Å². The van der Waals surface area contributed by atoms with Gasteiger partial charge in [0.05, 0.1) is 0 Å². The third-order valence-corrected chi connectivity index (χ3v) is 1.06. The monoisotopic (exact) mass is 228 g/mol. The molecule has 0 amide bonds. The van der Waals surface area contributed by atoms with Crippen LogP contribution in [-0.2, 0) is 4.74 Å². The highest BCUT2D eigenvalue weighted by Crippen LogP contribution is 2.33. The van der Waals surface area contributed by atoms with Gasteiger partial charge in [-0.05, 0) is 0 Å². The molecule has 2 nitrogen and oxygen atoms in total. The van der Waals surface area contributed by atoms with Crippen molar-refractivity contribution < 1.29 is 13.9 Å². The van der Waals surface area contributed by atoms with E-state index < -0.39 is 15.6 Å². The fourth-order valence-electron chi connectivity index (χ4n) is 0.148. The van der Waals surface area contributed by atoms with Crippen molar-refractivity contribution in [2.24, 2.45) is 0 Å². The minimum atomic E-state index is -2.34. The van der Waals surface area contributed by atoms with Crippen molar-refractivity contribution in [1.82, 2.24) is 0 Å². The lowest BCUT2D eigenvalue weighted by molar-refractivity contribution is 0.0322. The molecular formula is C3HCl4FO2. The molecule has 0 bridgehead atoms. The topological polar surface area (TPSA) is 26.3 Å². The molecule has 0 rings (SSSR count). The van der Waals surface area contributed by atoms with Crippen molar-refractivity contribution >= 4 is 51.8 Å². The summed E-state index contributed by atoms with van der Waals surface area (Å²) in [4.78, 5) is 9.83. The van der Waals surface area contributed by atoms with E-state index in [1.807, 2.05) is 0 Å². The summed E-state index contributed by atoms with van der Waals surface area (Å²) in [6, 6.07) is 0. The van der Waals surface area contributed by atoms with Crippen molar-refractivity contribution in [2.45, 2.75) is 10.2 Å². The predicted molar refractivity (Wildman–Crippen MR) is 37.5 cm³/mol. The molecule has 0 N–H and O–H groups in total. The molecule has 1 atom stereocenters. The molecule has 0 aliphatic carbocycles. The van der Waals surface area contributed by atoms with E-state index in [9.17, 15) is 9.18 Å². The van der Waals surface area contributed by atoms with Crippen LogP contribution in [0.1, 0.15) is 0 Å². The maximum atomic E-state index is 12.2. The van der Waals surface area contributed by atoms with Gasteiger partial charge in [0.2, 0.25) is 0 Å². The highest BCUT2D eigenvalue weighted by atomic mass is 35.6. The van der Waals surface area contributed by atoms with Crippen LogP contribution in [0.3, 0.4) is 0 Å². The van der Waals surface area contributed by atoms with Crippen LogP contribution in [0.2, 0.25) is 0 Å². The fraction of sp³-hybridized carbons (Fsp3) is 0.667. The maximum absolute atomic E-state index is 12.2. The van der Waals surface area contributed by atoms with Crippen molar-refractivity contribution in [2.75, 3.05) is 0 Å². The molecule has 0 aromatic rings. The van der Waals surface area contributed by atoms with Crippen molar-refractivity contribution in [3.63, 3.8) is 0 Å². The number of halogens is 5. The molecular weight excluding hydrogens is 229 g/mol. The first-order valence-electron chi connectivity index (χ1n) is 1.91. The third-order valence-electron chi connectivity index (χ3n) is 0.453. The lowest BCUT2D eigenvalue weighted by Gasteiger charge is -2.14. The third kappa shape index (κ3) is 4.39. The summed E-state index contributed by atoms with van der Waals surface area (Å²) in [7, 11) is 0. The van der Waals surface area contributed by atoms with Crippen LogP contribution < -0.4 is 0 Å². The lowest BCUT2D eigenvalue weighted by Crippen LogP contribution is -2.24.